The highest BCUT2D eigenvalue weighted by atomic mass is 16.6. The van der Waals surface area contributed by atoms with Crippen molar-refractivity contribution < 1.29 is 14.3 Å². The Kier molecular flexibility index (Phi) is 4.74. The molecular weight excluding hydrogens is 316 g/mol. The summed E-state index contributed by atoms with van der Waals surface area (Å²) in [5.74, 6) is -0.112. The number of piperazine rings is 1. The molecule has 3 rings (SSSR count). The summed E-state index contributed by atoms with van der Waals surface area (Å²) in [5.41, 5.74) is 1.25. The van der Waals surface area contributed by atoms with Crippen LogP contribution in [0.4, 0.5) is 10.5 Å². The lowest BCUT2D eigenvalue weighted by molar-refractivity contribution is -0.123. The van der Waals surface area contributed by atoms with Gasteiger partial charge in [-0.2, -0.15) is 0 Å². The zero-order valence-electron chi connectivity index (χ0n) is 14.5. The van der Waals surface area contributed by atoms with Crippen LogP contribution in [0.2, 0.25) is 0 Å². The topological polar surface area (TPSA) is 49.9 Å². The first-order valence-electron chi connectivity index (χ1n) is 8.31. The van der Waals surface area contributed by atoms with E-state index in [1.165, 1.54) is 4.90 Å². The molecule has 0 aromatic heterocycles. The molecule has 1 aliphatic rings. The molecule has 1 aliphatic heterocycles. The highest BCUT2D eigenvalue weighted by Gasteiger charge is 2.41. The number of anilines is 1. The summed E-state index contributed by atoms with van der Waals surface area (Å²) in [6, 6.07) is 19.0. The van der Waals surface area contributed by atoms with Gasteiger partial charge in [0.15, 0.2) is 0 Å². The first-order valence-corrected chi connectivity index (χ1v) is 8.31. The molecule has 2 aromatic carbocycles. The van der Waals surface area contributed by atoms with Gasteiger partial charge in [0.2, 0.25) is 5.91 Å². The van der Waals surface area contributed by atoms with Crippen LogP contribution < -0.4 is 4.90 Å². The molecule has 0 saturated carbocycles. The molecule has 5 nitrogen and oxygen atoms in total. The first-order chi connectivity index (χ1) is 12.0. The van der Waals surface area contributed by atoms with Crippen molar-refractivity contribution in [2.45, 2.75) is 26.0 Å². The molecule has 0 N–H and O–H groups in total. The maximum Gasteiger partial charge on any atom is 0.410 e. The number of carbonyl (C=O) groups excluding carboxylic acids is 2. The van der Waals surface area contributed by atoms with Gasteiger partial charge >= 0.3 is 6.09 Å². The third kappa shape index (κ3) is 3.82. The van der Waals surface area contributed by atoms with Crippen LogP contribution in [-0.4, -0.2) is 35.5 Å². The van der Waals surface area contributed by atoms with Gasteiger partial charge in [-0.3, -0.25) is 9.69 Å². The molecule has 0 atom stereocenters. The van der Waals surface area contributed by atoms with Gasteiger partial charge in [-0.05, 0) is 31.5 Å². The van der Waals surface area contributed by atoms with Crippen LogP contribution in [0.3, 0.4) is 0 Å². The molecule has 1 fully saturated rings. The van der Waals surface area contributed by atoms with E-state index >= 15 is 0 Å². The Morgan fingerprint density at radius 1 is 1.04 bits per heavy atom. The summed E-state index contributed by atoms with van der Waals surface area (Å²) < 4.78 is 5.37. The van der Waals surface area contributed by atoms with Crippen LogP contribution >= 0.6 is 0 Å². The largest absolute Gasteiger partial charge is 0.445 e. The Hall–Kier alpha value is -2.82. The van der Waals surface area contributed by atoms with Gasteiger partial charge in [0.1, 0.15) is 13.2 Å². The fourth-order valence-electron chi connectivity index (χ4n) is 3.18. The number of amides is 2. The van der Waals surface area contributed by atoms with E-state index < -0.39 is 11.6 Å². The lowest BCUT2D eigenvalue weighted by atomic mass is 9.97. The van der Waals surface area contributed by atoms with Crippen molar-refractivity contribution in [2.75, 3.05) is 18.0 Å². The van der Waals surface area contributed by atoms with Crippen LogP contribution in [0.1, 0.15) is 19.4 Å². The normalized spacial score (nSPS) is 16.6. The third-order valence-electron chi connectivity index (χ3n) is 4.24. The van der Waals surface area contributed by atoms with E-state index in [0.29, 0.717) is 6.54 Å². The number of hydrogen-bond acceptors (Lipinski definition) is 3. The van der Waals surface area contributed by atoms with E-state index in [9.17, 15) is 9.59 Å². The minimum atomic E-state index is -0.511. The van der Waals surface area contributed by atoms with Crippen LogP contribution in [0.25, 0.3) is 0 Å². The van der Waals surface area contributed by atoms with Gasteiger partial charge in [0.05, 0.1) is 5.54 Å². The molecule has 1 heterocycles. The maximum atomic E-state index is 12.7. The van der Waals surface area contributed by atoms with Gasteiger partial charge in [0.25, 0.3) is 0 Å². The Morgan fingerprint density at radius 2 is 1.64 bits per heavy atom. The van der Waals surface area contributed by atoms with Crippen molar-refractivity contribution in [1.29, 1.82) is 0 Å². The fourth-order valence-corrected chi connectivity index (χ4v) is 3.18. The summed E-state index contributed by atoms with van der Waals surface area (Å²) in [5, 5.41) is 0. The molecule has 2 amide bonds. The van der Waals surface area contributed by atoms with Gasteiger partial charge in [0, 0.05) is 12.2 Å². The molecule has 25 heavy (non-hydrogen) atoms. The summed E-state index contributed by atoms with van der Waals surface area (Å²) in [7, 11) is 0. The number of carbonyl (C=O) groups is 2. The molecule has 0 radical (unpaired) electrons. The van der Waals surface area contributed by atoms with Gasteiger partial charge in [-0.15, -0.1) is 0 Å². The number of para-hydroxylation sites is 1. The lowest BCUT2D eigenvalue weighted by Crippen LogP contribution is -2.63. The molecule has 0 unspecified atom stereocenters. The Bertz CT molecular complexity index is 744. The van der Waals surface area contributed by atoms with Gasteiger partial charge < -0.3 is 9.64 Å². The molecule has 0 spiro atoms. The minimum absolute atomic E-state index is 0.0198. The first kappa shape index (κ1) is 17.0. The van der Waals surface area contributed by atoms with Crippen molar-refractivity contribution in [1.82, 2.24) is 4.90 Å². The average Bonchev–Trinajstić information content (AvgIpc) is 2.60. The fraction of sp³-hybridized carbons (Fsp3) is 0.300. The number of hydrogen-bond donors (Lipinski definition) is 0. The van der Waals surface area contributed by atoms with Crippen molar-refractivity contribution in [3.8, 4) is 0 Å². The quantitative estimate of drug-likeness (QED) is 0.861. The van der Waals surface area contributed by atoms with Crippen molar-refractivity contribution in [3.05, 3.63) is 66.2 Å². The van der Waals surface area contributed by atoms with E-state index in [2.05, 4.69) is 0 Å². The van der Waals surface area contributed by atoms with E-state index in [0.717, 1.165) is 11.3 Å². The second-order valence-corrected chi connectivity index (χ2v) is 6.77. The maximum absolute atomic E-state index is 12.7. The molecule has 2 aromatic rings. The lowest BCUT2D eigenvalue weighted by Gasteiger charge is -2.46. The highest BCUT2D eigenvalue weighted by molar-refractivity contribution is 5.98. The predicted molar refractivity (Wildman–Crippen MR) is 96.2 cm³/mol. The number of ether oxygens (including phenoxy) is 1. The Balaban J connectivity index is 1.68. The smallest absolute Gasteiger partial charge is 0.410 e. The number of benzene rings is 2. The monoisotopic (exact) mass is 338 g/mol. The molecule has 0 aliphatic carbocycles. The van der Waals surface area contributed by atoms with Crippen molar-refractivity contribution in [2.24, 2.45) is 0 Å². The van der Waals surface area contributed by atoms with E-state index in [1.54, 1.807) is 4.90 Å². The molecule has 130 valence electrons. The average molecular weight is 338 g/mol. The van der Waals surface area contributed by atoms with Gasteiger partial charge in [-0.1, -0.05) is 48.5 Å². The summed E-state index contributed by atoms with van der Waals surface area (Å²) >= 11 is 0. The van der Waals surface area contributed by atoms with E-state index in [1.807, 2.05) is 74.5 Å². The number of rotatable bonds is 3. The summed E-state index contributed by atoms with van der Waals surface area (Å²) in [6.07, 6.45) is -0.460. The van der Waals surface area contributed by atoms with E-state index in [-0.39, 0.29) is 19.1 Å². The molecule has 0 bridgehead atoms. The molecule has 5 heteroatoms. The van der Waals surface area contributed by atoms with Crippen molar-refractivity contribution in [3.63, 3.8) is 0 Å². The van der Waals surface area contributed by atoms with E-state index in [4.69, 9.17) is 4.74 Å². The Labute approximate surface area is 147 Å². The highest BCUT2D eigenvalue weighted by Crippen LogP contribution is 2.28. The van der Waals surface area contributed by atoms with Gasteiger partial charge in [-0.25, -0.2) is 4.79 Å². The van der Waals surface area contributed by atoms with Crippen LogP contribution in [0.5, 0.6) is 0 Å². The van der Waals surface area contributed by atoms with Crippen molar-refractivity contribution >= 4 is 17.7 Å². The summed E-state index contributed by atoms with van der Waals surface area (Å²) in [4.78, 5) is 28.3. The summed E-state index contributed by atoms with van der Waals surface area (Å²) in [6.45, 7) is 4.55. The van der Waals surface area contributed by atoms with Crippen LogP contribution in [0, 0.1) is 0 Å². The third-order valence-corrected chi connectivity index (χ3v) is 4.24. The molecule has 1 saturated heterocycles. The SMILES string of the molecule is CC1(C)CN(C(=O)OCc2ccccc2)CC(=O)N1c1ccccc1. The van der Waals surface area contributed by atoms with Crippen LogP contribution in [-0.2, 0) is 16.1 Å². The zero-order valence-corrected chi connectivity index (χ0v) is 14.5. The van der Waals surface area contributed by atoms with Crippen LogP contribution in [0.15, 0.2) is 60.7 Å². The Morgan fingerprint density at radius 3 is 2.24 bits per heavy atom. The number of nitrogens with zero attached hydrogens (tertiary/aromatic N) is 2. The zero-order chi connectivity index (χ0) is 17.9. The minimum Gasteiger partial charge on any atom is -0.445 e. The second kappa shape index (κ2) is 6.97. The predicted octanol–water partition coefficient (Wildman–Crippen LogP) is 3.45. The second-order valence-electron chi connectivity index (χ2n) is 6.77. The molecular formula is C20H22N2O3. The standard InChI is InChI=1S/C20H22N2O3/c1-20(2)15-21(19(24)25-14-16-9-5-3-6-10-16)13-18(23)22(20)17-11-7-4-8-12-17/h3-12H,13-15H2,1-2H3.